The molecule has 1 unspecified atom stereocenters. The number of rotatable bonds is 2. The highest BCUT2D eigenvalue weighted by molar-refractivity contribution is 7.99. The average molecular weight is 339 g/mol. The van der Waals surface area contributed by atoms with Gasteiger partial charge in [-0.25, -0.2) is 0 Å². The molecule has 2 aliphatic rings. The van der Waals surface area contributed by atoms with Gasteiger partial charge in [0.25, 0.3) is 0 Å². The highest BCUT2D eigenvalue weighted by atomic mass is 32.2. The summed E-state index contributed by atoms with van der Waals surface area (Å²) in [4.78, 5) is 16.2. The molecule has 4 rings (SSSR count). The first-order valence-electron chi connectivity index (χ1n) is 8.54. The molecule has 0 saturated heterocycles. The summed E-state index contributed by atoms with van der Waals surface area (Å²) in [5, 5.41) is 0. The summed E-state index contributed by atoms with van der Waals surface area (Å²) in [6.45, 7) is 1.48. The van der Waals surface area contributed by atoms with Crippen LogP contribution in [0.25, 0.3) is 0 Å². The van der Waals surface area contributed by atoms with Crippen LogP contribution in [0.3, 0.4) is 0 Å². The first-order valence-corrected chi connectivity index (χ1v) is 9.53. The number of thioether (sulfide) groups is 1. The Balaban J connectivity index is 1.57. The minimum absolute atomic E-state index is 0.120. The van der Waals surface area contributed by atoms with Crippen molar-refractivity contribution in [2.45, 2.75) is 30.3 Å². The van der Waals surface area contributed by atoms with Gasteiger partial charge in [0.2, 0.25) is 5.91 Å². The van der Waals surface area contributed by atoms with Crippen molar-refractivity contribution in [3.05, 3.63) is 59.7 Å². The summed E-state index contributed by atoms with van der Waals surface area (Å²) in [6.07, 6.45) is 2.25. The van der Waals surface area contributed by atoms with Gasteiger partial charge in [0.05, 0.1) is 24.8 Å². The number of hydrogen-bond donors (Lipinski definition) is 0. The fourth-order valence-corrected chi connectivity index (χ4v) is 4.50. The van der Waals surface area contributed by atoms with Crippen molar-refractivity contribution in [3.8, 4) is 0 Å². The Labute approximate surface area is 147 Å². The summed E-state index contributed by atoms with van der Waals surface area (Å²) in [6, 6.07) is 16.6. The van der Waals surface area contributed by atoms with Crippen molar-refractivity contribution < 1.29 is 9.53 Å². The molecule has 2 aromatic rings. The van der Waals surface area contributed by atoms with E-state index in [-0.39, 0.29) is 12.0 Å². The Hall–Kier alpha value is -1.78. The average Bonchev–Trinajstić information content (AvgIpc) is 2.84. The molecule has 3 nitrogen and oxygen atoms in total. The molecule has 0 fully saturated rings. The van der Waals surface area contributed by atoms with Crippen LogP contribution in [0.1, 0.15) is 30.1 Å². The third-order valence-corrected chi connectivity index (χ3v) is 5.84. The predicted molar refractivity (Wildman–Crippen MR) is 97.6 cm³/mol. The number of amides is 1. The van der Waals surface area contributed by atoms with E-state index in [0.717, 1.165) is 30.8 Å². The van der Waals surface area contributed by atoms with Crippen LogP contribution in [0.4, 0.5) is 5.69 Å². The molecule has 124 valence electrons. The molecule has 0 spiro atoms. The summed E-state index contributed by atoms with van der Waals surface area (Å²) in [5.74, 6) is 1.22. The number of nitrogens with zero attached hydrogens (tertiary/aromatic N) is 1. The van der Waals surface area contributed by atoms with Gasteiger partial charge < -0.3 is 9.64 Å². The second-order valence-corrected chi connectivity index (χ2v) is 7.36. The fraction of sp³-hybridized carbons (Fsp3) is 0.350. The monoisotopic (exact) mass is 339 g/mol. The number of ether oxygens (including phenoxy) is 1. The lowest BCUT2D eigenvalue weighted by Gasteiger charge is -2.29. The van der Waals surface area contributed by atoms with Crippen molar-refractivity contribution in [1.82, 2.24) is 0 Å². The van der Waals surface area contributed by atoms with Crippen LogP contribution in [-0.2, 0) is 16.0 Å². The minimum Gasteiger partial charge on any atom is -0.373 e. The molecule has 0 saturated carbocycles. The zero-order chi connectivity index (χ0) is 16.4. The van der Waals surface area contributed by atoms with Crippen molar-refractivity contribution in [2.75, 3.05) is 23.8 Å². The van der Waals surface area contributed by atoms with Gasteiger partial charge in [-0.1, -0.05) is 36.4 Å². The summed E-state index contributed by atoms with van der Waals surface area (Å²) in [7, 11) is 0. The highest BCUT2D eigenvalue weighted by Crippen LogP contribution is 2.36. The molecule has 2 aliphatic heterocycles. The first-order chi connectivity index (χ1) is 11.8. The van der Waals surface area contributed by atoms with E-state index in [4.69, 9.17) is 4.74 Å². The molecular formula is C20H21NO2S. The SMILES string of the molecule is O=C(CC1OCCc2ccccc21)N1CCCSc2ccccc21. The van der Waals surface area contributed by atoms with E-state index < -0.39 is 0 Å². The molecule has 1 atom stereocenters. The van der Waals surface area contributed by atoms with Gasteiger partial charge in [0.1, 0.15) is 0 Å². The largest absolute Gasteiger partial charge is 0.373 e. The Bertz CT molecular complexity index is 746. The molecule has 1 amide bonds. The molecule has 0 aliphatic carbocycles. The molecule has 2 heterocycles. The third kappa shape index (κ3) is 3.08. The lowest BCUT2D eigenvalue weighted by molar-refractivity contribution is -0.121. The van der Waals surface area contributed by atoms with Crippen molar-refractivity contribution >= 4 is 23.4 Å². The maximum atomic E-state index is 13.0. The van der Waals surface area contributed by atoms with Gasteiger partial charge >= 0.3 is 0 Å². The van der Waals surface area contributed by atoms with E-state index in [1.165, 1.54) is 16.0 Å². The number of carbonyl (C=O) groups is 1. The quantitative estimate of drug-likeness (QED) is 0.820. The number of fused-ring (bicyclic) bond motifs is 2. The number of hydrogen-bond acceptors (Lipinski definition) is 3. The third-order valence-electron chi connectivity index (χ3n) is 4.69. The van der Waals surface area contributed by atoms with Crippen LogP contribution < -0.4 is 4.90 Å². The normalized spacial score (nSPS) is 20.0. The van der Waals surface area contributed by atoms with Crippen LogP contribution >= 0.6 is 11.8 Å². The molecule has 2 aromatic carbocycles. The van der Waals surface area contributed by atoms with Gasteiger partial charge in [-0.2, -0.15) is 0 Å². The molecule has 4 heteroatoms. The van der Waals surface area contributed by atoms with Gasteiger partial charge in [0, 0.05) is 11.4 Å². The second-order valence-electron chi connectivity index (χ2n) is 6.23. The lowest BCUT2D eigenvalue weighted by Crippen LogP contribution is -2.34. The number of para-hydroxylation sites is 1. The van der Waals surface area contributed by atoms with Crippen molar-refractivity contribution in [2.24, 2.45) is 0 Å². The van der Waals surface area contributed by atoms with Crippen LogP contribution in [-0.4, -0.2) is 24.8 Å². The molecule has 0 aromatic heterocycles. The smallest absolute Gasteiger partial charge is 0.229 e. The van der Waals surface area contributed by atoms with E-state index in [1.54, 1.807) is 0 Å². The molecular weight excluding hydrogens is 318 g/mol. The Kier molecular flexibility index (Phi) is 4.58. The van der Waals surface area contributed by atoms with Crippen LogP contribution in [0.2, 0.25) is 0 Å². The van der Waals surface area contributed by atoms with E-state index in [1.807, 2.05) is 34.9 Å². The van der Waals surface area contributed by atoms with Crippen LogP contribution in [0, 0.1) is 0 Å². The summed E-state index contributed by atoms with van der Waals surface area (Å²) < 4.78 is 5.93. The van der Waals surface area contributed by atoms with E-state index in [9.17, 15) is 4.79 Å². The summed E-state index contributed by atoms with van der Waals surface area (Å²) >= 11 is 1.84. The minimum atomic E-state index is -0.120. The maximum absolute atomic E-state index is 13.0. The fourth-order valence-electron chi connectivity index (χ4n) is 3.50. The first kappa shape index (κ1) is 15.7. The lowest BCUT2D eigenvalue weighted by atomic mass is 9.95. The zero-order valence-corrected chi connectivity index (χ0v) is 14.4. The Morgan fingerprint density at radius 2 is 2.00 bits per heavy atom. The maximum Gasteiger partial charge on any atom is 0.229 e. The van der Waals surface area contributed by atoms with Crippen molar-refractivity contribution in [1.29, 1.82) is 0 Å². The van der Waals surface area contributed by atoms with Gasteiger partial charge in [-0.15, -0.1) is 11.8 Å². The summed E-state index contributed by atoms with van der Waals surface area (Å²) in [5.41, 5.74) is 3.54. The standard InChI is InChI=1S/C20H21NO2S/c22-20(14-18-16-7-2-1-6-15(16)10-12-23-18)21-11-5-13-24-19-9-4-3-8-17(19)21/h1-4,6-9,18H,5,10-14H2. The van der Waals surface area contributed by atoms with Gasteiger partial charge in [-0.3, -0.25) is 4.79 Å². The molecule has 0 bridgehead atoms. The van der Waals surface area contributed by atoms with E-state index in [0.29, 0.717) is 13.0 Å². The molecule has 0 radical (unpaired) electrons. The van der Waals surface area contributed by atoms with Gasteiger partial charge in [0.15, 0.2) is 0 Å². The number of anilines is 1. The van der Waals surface area contributed by atoms with Crippen LogP contribution in [0.5, 0.6) is 0 Å². The second kappa shape index (κ2) is 6.99. The van der Waals surface area contributed by atoms with E-state index >= 15 is 0 Å². The van der Waals surface area contributed by atoms with Crippen molar-refractivity contribution in [3.63, 3.8) is 0 Å². The van der Waals surface area contributed by atoms with Gasteiger partial charge in [-0.05, 0) is 41.9 Å². The Morgan fingerprint density at radius 1 is 1.17 bits per heavy atom. The molecule has 24 heavy (non-hydrogen) atoms. The molecule has 0 N–H and O–H groups in total. The zero-order valence-electron chi connectivity index (χ0n) is 13.6. The number of carbonyl (C=O) groups excluding carboxylic acids is 1. The predicted octanol–water partition coefficient (Wildman–Crippen LogP) is 4.22. The van der Waals surface area contributed by atoms with E-state index in [2.05, 4.69) is 30.3 Å². The topological polar surface area (TPSA) is 29.5 Å². The Morgan fingerprint density at radius 3 is 2.96 bits per heavy atom. The highest BCUT2D eigenvalue weighted by Gasteiger charge is 2.27. The number of benzene rings is 2. The van der Waals surface area contributed by atoms with Crippen LogP contribution in [0.15, 0.2) is 53.4 Å².